The van der Waals surface area contributed by atoms with Crippen molar-refractivity contribution >= 4 is 11.6 Å². The SMILES string of the molecule is CN1C[C@H](c2ccccc2OCc2ccccc2C#N)[C@H]([N+](=O)[O-])[C@@]12C(=O)Nc1ccccc12. The topological polar surface area (TPSA) is 108 Å². The second-order valence-electron chi connectivity index (χ2n) is 8.58. The number of anilines is 1. The Labute approximate surface area is 196 Å². The highest BCUT2D eigenvalue weighted by atomic mass is 16.6. The van der Waals surface area contributed by atoms with Gasteiger partial charge in [0.2, 0.25) is 0 Å². The number of amides is 1. The molecule has 2 heterocycles. The molecular formula is C26H22N4O4. The fourth-order valence-electron chi connectivity index (χ4n) is 5.39. The monoisotopic (exact) mass is 454 g/mol. The second-order valence-corrected chi connectivity index (χ2v) is 8.58. The smallest absolute Gasteiger partial charge is 0.256 e. The van der Waals surface area contributed by atoms with Gasteiger partial charge in [0.25, 0.3) is 11.9 Å². The van der Waals surface area contributed by atoms with Crippen LogP contribution < -0.4 is 10.1 Å². The summed E-state index contributed by atoms with van der Waals surface area (Å²) in [5.74, 6) is -0.467. The molecule has 0 aromatic heterocycles. The third kappa shape index (κ3) is 3.13. The summed E-state index contributed by atoms with van der Waals surface area (Å²) < 4.78 is 6.10. The highest BCUT2D eigenvalue weighted by Gasteiger charge is 2.68. The molecule has 2 aliphatic rings. The van der Waals surface area contributed by atoms with E-state index in [4.69, 9.17) is 4.74 Å². The van der Waals surface area contributed by atoms with Crippen LogP contribution in [0.1, 0.15) is 28.2 Å². The molecule has 0 unspecified atom stereocenters. The number of para-hydroxylation sites is 2. The van der Waals surface area contributed by atoms with E-state index in [1.54, 1.807) is 54.4 Å². The first-order valence-corrected chi connectivity index (χ1v) is 10.9. The number of fused-ring (bicyclic) bond motifs is 2. The predicted octanol–water partition coefficient (Wildman–Crippen LogP) is 3.66. The quantitative estimate of drug-likeness (QED) is 0.466. The Kier molecular flexibility index (Phi) is 5.27. The van der Waals surface area contributed by atoms with Gasteiger partial charge in [-0.2, -0.15) is 5.26 Å². The number of nitrogens with one attached hydrogen (secondary N) is 1. The van der Waals surface area contributed by atoms with Gasteiger partial charge in [-0.15, -0.1) is 0 Å². The van der Waals surface area contributed by atoms with Crippen molar-refractivity contribution in [1.29, 1.82) is 5.26 Å². The molecule has 5 rings (SSSR count). The van der Waals surface area contributed by atoms with Crippen molar-refractivity contribution in [3.05, 3.63) is 105 Å². The molecular weight excluding hydrogens is 432 g/mol. The van der Waals surface area contributed by atoms with Gasteiger partial charge in [-0.25, -0.2) is 0 Å². The van der Waals surface area contributed by atoms with Gasteiger partial charge in [-0.3, -0.25) is 19.8 Å². The Morgan fingerprint density at radius 3 is 2.65 bits per heavy atom. The van der Waals surface area contributed by atoms with Gasteiger partial charge >= 0.3 is 0 Å². The normalized spacial score (nSPS) is 23.4. The average Bonchev–Trinajstić information content (AvgIpc) is 3.32. The van der Waals surface area contributed by atoms with E-state index in [1.165, 1.54) is 0 Å². The summed E-state index contributed by atoms with van der Waals surface area (Å²) in [5.41, 5.74) is 1.72. The zero-order chi connectivity index (χ0) is 23.9. The van der Waals surface area contributed by atoms with E-state index in [-0.39, 0.29) is 17.4 Å². The van der Waals surface area contributed by atoms with E-state index in [0.29, 0.717) is 34.7 Å². The molecule has 3 aromatic carbocycles. The third-order valence-electron chi connectivity index (χ3n) is 6.88. The van der Waals surface area contributed by atoms with Gasteiger partial charge in [-0.05, 0) is 25.2 Å². The molecule has 0 saturated carbocycles. The first kappa shape index (κ1) is 21.6. The predicted molar refractivity (Wildman–Crippen MR) is 125 cm³/mol. The Bertz CT molecular complexity index is 1330. The van der Waals surface area contributed by atoms with E-state index in [9.17, 15) is 20.2 Å². The Hall–Kier alpha value is -4.22. The fraction of sp³-hybridized carbons (Fsp3) is 0.231. The molecule has 3 aromatic rings. The Morgan fingerprint density at radius 1 is 1.15 bits per heavy atom. The van der Waals surface area contributed by atoms with Gasteiger partial charge in [0.1, 0.15) is 12.4 Å². The number of nitrogens with zero attached hydrogens (tertiary/aromatic N) is 3. The van der Waals surface area contributed by atoms with Crippen LogP contribution in [-0.4, -0.2) is 35.4 Å². The van der Waals surface area contributed by atoms with Crippen molar-refractivity contribution in [3.63, 3.8) is 0 Å². The molecule has 1 spiro atoms. The van der Waals surface area contributed by atoms with Gasteiger partial charge < -0.3 is 10.1 Å². The van der Waals surface area contributed by atoms with Crippen LogP contribution in [0, 0.1) is 21.4 Å². The molecule has 34 heavy (non-hydrogen) atoms. The summed E-state index contributed by atoms with van der Waals surface area (Å²) in [6.45, 7) is 0.462. The maximum atomic E-state index is 13.3. The number of nitriles is 1. The van der Waals surface area contributed by atoms with E-state index in [1.807, 2.05) is 30.3 Å². The molecule has 3 atom stereocenters. The molecule has 1 saturated heterocycles. The lowest BCUT2D eigenvalue weighted by Gasteiger charge is -2.30. The molecule has 1 fully saturated rings. The summed E-state index contributed by atoms with van der Waals surface area (Å²) in [5, 5.41) is 24.8. The summed E-state index contributed by atoms with van der Waals surface area (Å²) in [6.07, 6.45) is 0. The molecule has 8 heteroatoms. The van der Waals surface area contributed by atoms with Gasteiger partial charge in [0.15, 0.2) is 5.54 Å². The van der Waals surface area contributed by atoms with Crippen LogP contribution in [-0.2, 0) is 16.9 Å². The van der Waals surface area contributed by atoms with E-state index < -0.39 is 17.5 Å². The summed E-state index contributed by atoms with van der Waals surface area (Å²) in [6, 6.07) is 22.5. The van der Waals surface area contributed by atoms with Gasteiger partial charge in [0.05, 0.1) is 17.6 Å². The number of carbonyl (C=O) groups excluding carboxylic acids is 1. The molecule has 0 radical (unpaired) electrons. The fourth-order valence-corrected chi connectivity index (χ4v) is 5.39. The molecule has 0 bridgehead atoms. The minimum Gasteiger partial charge on any atom is -0.489 e. The number of ether oxygens (including phenoxy) is 1. The number of benzene rings is 3. The third-order valence-corrected chi connectivity index (χ3v) is 6.88. The van der Waals surface area contributed by atoms with Crippen LogP contribution in [0.5, 0.6) is 5.75 Å². The Morgan fingerprint density at radius 2 is 1.85 bits per heavy atom. The van der Waals surface area contributed by atoms with Crippen LogP contribution in [0.2, 0.25) is 0 Å². The molecule has 2 aliphatic heterocycles. The largest absolute Gasteiger partial charge is 0.489 e. The standard InChI is InChI=1S/C26H22N4O4/c1-29-15-20(24(30(32)33)26(29)21-11-5-6-12-22(21)28-25(26)31)19-10-4-7-13-23(19)34-16-18-9-3-2-8-17(18)14-27/h2-13,20,24H,15-16H2,1H3,(H,28,31)/t20-,24+,26+/m1/s1. The maximum Gasteiger partial charge on any atom is 0.256 e. The summed E-state index contributed by atoms with van der Waals surface area (Å²) >= 11 is 0. The first-order chi connectivity index (χ1) is 16.5. The number of hydrogen-bond acceptors (Lipinski definition) is 6. The van der Waals surface area contributed by atoms with Crippen LogP contribution in [0.3, 0.4) is 0 Å². The number of likely N-dealkylation sites (tertiary alicyclic amines) is 1. The zero-order valence-electron chi connectivity index (χ0n) is 18.5. The number of rotatable bonds is 5. The molecule has 1 N–H and O–H groups in total. The lowest BCUT2D eigenvalue weighted by molar-refractivity contribution is -0.534. The number of carbonyl (C=O) groups is 1. The van der Waals surface area contributed by atoms with E-state index >= 15 is 0 Å². The van der Waals surface area contributed by atoms with Gasteiger partial charge in [0, 0.05) is 33.8 Å². The number of likely N-dealkylation sites (N-methyl/N-ethyl adjacent to an activating group) is 1. The maximum absolute atomic E-state index is 13.3. The first-order valence-electron chi connectivity index (χ1n) is 10.9. The molecule has 0 aliphatic carbocycles. The van der Waals surface area contributed by atoms with Crippen LogP contribution in [0.4, 0.5) is 5.69 Å². The van der Waals surface area contributed by atoms with Crippen LogP contribution in [0.15, 0.2) is 72.8 Å². The van der Waals surface area contributed by atoms with E-state index in [2.05, 4.69) is 11.4 Å². The van der Waals surface area contributed by atoms with Crippen molar-refractivity contribution in [2.75, 3.05) is 18.9 Å². The number of nitro groups is 1. The molecule has 170 valence electrons. The molecule has 1 amide bonds. The van der Waals surface area contributed by atoms with Crippen molar-refractivity contribution in [2.24, 2.45) is 0 Å². The van der Waals surface area contributed by atoms with E-state index in [0.717, 1.165) is 5.56 Å². The highest BCUT2D eigenvalue weighted by molar-refractivity contribution is 6.06. The average molecular weight is 454 g/mol. The molecule has 8 nitrogen and oxygen atoms in total. The Balaban J connectivity index is 1.55. The lowest BCUT2D eigenvalue weighted by Crippen LogP contribution is -2.54. The van der Waals surface area contributed by atoms with Crippen molar-refractivity contribution in [1.82, 2.24) is 4.90 Å². The van der Waals surface area contributed by atoms with Crippen molar-refractivity contribution < 1.29 is 14.5 Å². The lowest BCUT2D eigenvalue weighted by atomic mass is 9.79. The van der Waals surface area contributed by atoms with Crippen molar-refractivity contribution in [2.45, 2.75) is 24.1 Å². The summed E-state index contributed by atoms with van der Waals surface area (Å²) in [4.78, 5) is 27.3. The van der Waals surface area contributed by atoms with Crippen LogP contribution >= 0.6 is 0 Å². The second kappa shape index (κ2) is 8.28. The summed E-state index contributed by atoms with van der Waals surface area (Å²) in [7, 11) is 1.75. The van der Waals surface area contributed by atoms with Crippen molar-refractivity contribution in [3.8, 4) is 11.8 Å². The van der Waals surface area contributed by atoms with Gasteiger partial charge in [-0.1, -0.05) is 54.6 Å². The zero-order valence-corrected chi connectivity index (χ0v) is 18.5. The minimum atomic E-state index is -1.41. The number of hydrogen-bond donors (Lipinski definition) is 1. The minimum absolute atomic E-state index is 0.154. The highest BCUT2D eigenvalue weighted by Crippen LogP contribution is 2.52. The van der Waals surface area contributed by atoms with Crippen LogP contribution in [0.25, 0.3) is 0 Å².